The first-order valence-corrected chi connectivity index (χ1v) is 6.56. The second kappa shape index (κ2) is 6.49. The second-order valence-corrected chi connectivity index (χ2v) is 5.13. The van der Waals surface area contributed by atoms with Crippen LogP contribution in [0.25, 0.3) is 0 Å². The molecule has 1 aliphatic carbocycles. The molecule has 0 radical (unpaired) electrons. The van der Waals surface area contributed by atoms with Crippen molar-refractivity contribution in [1.82, 2.24) is 0 Å². The fourth-order valence-electron chi connectivity index (χ4n) is 2.34. The van der Waals surface area contributed by atoms with Crippen LogP contribution in [0.4, 0.5) is 0 Å². The molecule has 1 fully saturated rings. The Morgan fingerprint density at radius 1 is 1.27 bits per heavy atom. The summed E-state index contributed by atoms with van der Waals surface area (Å²) in [5, 5.41) is 0. The van der Waals surface area contributed by atoms with Crippen LogP contribution in [0.3, 0.4) is 0 Å². The van der Waals surface area contributed by atoms with Gasteiger partial charge in [-0.2, -0.15) is 0 Å². The molecule has 90 valence electrons. The van der Waals surface area contributed by atoms with Gasteiger partial charge in [0.2, 0.25) is 0 Å². The minimum atomic E-state index is 0.0280. The van der Waals surface area contributed by atoms with Gasteiger partial charge in [0.05, 0.1) is 5.60 Å². The van der Waals surface area contributed by atoms with Crippen LogP contribution in [-0.4, -0.2) is 18.8 Å². The predicted octanol–water partition coefficient (Wildman–Crippen LogP) is 3.10. The van der Waals surface area contributed by atoms with E-state index in [0.29, 0.717) is 6.54 Å². The summed E-state index contributed by atoms with van der Waals surface area (Å²) < 4.78 is 6.05. The number of ether oxygens (including phenoxy) is 1. The minimum absolute atomic E-state index is 0.0280. The van der Waals surface area contributed by atoms with Crippen molar-refractivity contribution in [3.8, 4) is 0 Å². The van der Waals surface area contributed by atoms with Gasteiger partial charge < -0.3 is 10.5 Å². The Labute approximate surface area is 94.6 Å². The molecule has 0 heterocycles. The number of hydrogen-bond donors (Lipinski definition) is 1. The SMILES string of the molecule is CCCCCOC1(CN)CCC(C)CC1. The third-order valence-corrected chi connectivity index (χ3v) is 3.71. The van der Waals surface area contributed by atoms with E-state index in [4.69, 9.17) is 10.5 Å². The Bertz CT molecular complexity index is 162. The van der Waals surface area contributed by atoms with Crippen molar-refractivity contribution in [2.75, 3.05) is 13.2 Å². The van der Waals surface area contributed by atoms with Gasteiger partial charge in [0.25, 0.3) is 0 Å². The fourth-order valence-corrected chi connectivity index (χ4v) is 2.34. The van der Waals surface area contributed by atoms with Gasteiger partial charge in [0.15, 0.2) is 0 Å². The molecule has 2 N–H and O–H groups in total. The Morgan fingerprint density at radius 2 is 1.93 bits per heavy atom. The lowest BCUT2D eigenvalue weighted by Crippen LogP contribution is -2.44. The zero-order valence-electron chi connectivity index (χ0n) is 10.4. The van der Waals surface area contributed by atoms with E-state index < -0.39 is 0 Å². The van der Waals surface area contributed by atoms with Gasteiger partial charge in [0, 0.05) is 13.2 Å². The van der Waals surface area contributed by atoms with Crippen molar-refractivity contribution in [3.63, 3.8) is 0 Å². The van der Waals surface area contributed by atoms with E-state index >= 15 is 0 Å². The van der Waals surface area contributed by atoms with Gasteiger partial charge in [-0.3, -0.25) is 0 Å². The molecular weight excluding hydrogens is 186 g/mol. The highest BCUT2D eigenvalue weighted by atomic mass is 16.5. The van der Waals surface area contributed by atoms with Crippen LogP contribution >= 0.6 is 0 Å². The van der Waals surface area contributed by atoms with Crippen molar-refractivity contribution in [1.29, 1.82) is 0 Å². The van der Waals surface area contributed by atoms with Crippen LogP contribution in [0.15, 0.2) is 0 Å². The quantitative estimate of drug-likeness (QED) is 0.688. The summed E-state index contributed by atoms with van der Waals surface area (Å²) >= 11 is 0. The summed E-state index contributed by atoms with van der Waals surface area (Å²) in [6.45, 7) is 6.16. The largest absolute Gasteiger partial charge is 0.374 e. The smallest absolute Gasteiger partial charge is 0.0804 e. The van der Waals surface area contributed by atoms with E-state index in [1.54, 1.807) is 0 Å². The van der Waals surface area contributed by atoms with Gasteiger partial charge in [-0.05, 0) is 38.0 Å². The van der Waals surface area contributed by atoms with E-state index in [-0.39, 0.29) is 5.60 Å². The molecule has 1 rings (SSSR count). The number of hydrogen-bond acceptors (Lipinski definition) is 2. The monoisotopic (exact) mass is 213 g/mol. The van der Waals surface area contributed by atoms with Gasteiger partial charge in [-0.15, -0.1) is 0 Å². The van der Waals surface area contributed by atoms with Gasteiger partial charge in [-0.1, -0.05) is 26.7 Å². The summed E-state index contributed by atoms with van der Waals surface area (Å²) in [5.41, 5.74) is 5.90. The molecule has 1 saturated carbocycles. The maximum atomic E-state index is 6.05. The fraction of sp³-hybridized carbons (Fsp3) is 1.00. The van der Waals surface area contributed by atoms with E-state index in [1.165, 1.54) is 32.1 Å². The summed E-state index contributed by atoms with van der Waals surface area (Å²) in [6.07, 6.45) is 8.62. The van der Waals surface area contributed by atoms with Crippen LogP contribution in [0.1, 0.15) is 58.8 Å². The average molecular weight is 213 g/mol. The molecule has 0 spiro atoms. The van der Waals surface area contributed by atoms with Crippen LogP contribution in [0.2, 0.25) is 0 Å². The molecule has 0 amide bonds. The second-order valence-electron chi connectivity index (χ2n) is 5.13. The normalized spacial score (nSPS) is 31.8. The highest BCUT2D eigenvalue weighted by Crippen LogP contribution is 2.34. The van der Waals surface area contributed by atoms with Gasteiger partial charge in [0.1, 0.15) is 0 Å². The third kappa shape index (κ3) is 4.12. The Balaban J connectivity index is 2.27. The molecule has 2 heteroatoms. The average Bonchev–Trinajstić information content (AvgIpc) is 2.28. The van der Waals surface area contributed by atoms with Crippen molar-refractivity contribution < 1.29 is 4.74 Å². The Hall–Kier alpha value is -0.0800. The highest BCUT2D eigenvalue weighted by Gasteiger charge is 2.33. The molecule has 0 aromatic rings. The van der Waals surface area contributed by atoms with Crippen molar-refractivity contribution in [2.24, 2.45) is 11.7 Å². The lowest BCUT2D eigenvalue weighted by Gasteiger charge is -2.38. The topological polar surface area (TPSA) is 35.2 Å². The van der Waals surface area contributed by atoms with Crippen molar-refractivity contribution >= 4 is 0 Å². The molecule has 0 atom stereocenters. The van der Waals surface area contributed by atoms with Gasteiger partial charge >= 0.3 is 0 Å². The summed E-state index contributed by atoms with van der Waals surface area (Å²) in [4.78, 5) is 0. The molecule has 0 aromatic heterocycles. The summed E-state index contributed by atoms with van der Waals surface area (Å²) in [5.74, 6) is 0.865. The standard InChI is InChI=1S/C13H27NO/c1-3-4-5-10-15-13(11-14)8-6-12(2)7-9-13/h12H,3-11,14H2,1-2H3. The molecular formula is C13H27NO. The Morgan fingerprint density at radius 3 is 2.47 bits per heavy atom. The molecule has 0 aromatic carbocycles. The maximum Gasteiger partial charge on any atom is 0.0804 e. The molecule has 1 aliphatic rings. The van der Waals surface area contributed by atoms with Crippen LogP contribution < -0.4 is 5.73 Å². The molecule has 0 saturated heterocycles. The van der Waals surface area contributed by atoms with Crippen LogP contribution in [0, 0.1) is 5.92 Å². The Kier molecular flexibility index (Phi) is 5.62. The zero-order chi connectivity index (χ0) is 11.1. The van der Waals surface area contributed by atoms with Crippen LogP contribution in [0.5, 0.6) is 0 Å². The van der Waals surface area contributed by atoms with E-state index in [2.05, 4.69) is 13.8 Å². The molecule has 0 bridgehead atoms. The van der Waals surface area contributed by atoms with E-state index in [9.17, 15) is 0 Å². The molecule has 0 aliphatic heterocycles. The third-order valence-electron chi connectivity index (χ3n) is 3.71. The lowest BCUT2D eigenvalue weighted by molar-refractivity contribution is -0.0711. The predicted molar refractivity (Wildman–Crippen MR) is 64.9 cm³/mol. The first-order valence-electron chi connectivity index (χ1n) is 6.56. The first-order chi connectivity index (χ1) is 7.22. The maximum absolute atomic E-state index is 6.05. The highest BCUT2D eigenvalue weighted by molar-refractivity contribution is 4.87. The van der Waals surface area contributed by atoms with Gasteiger partial charge in [-0.25, -0.2) is 0 Å². The first kappa shape index (κ1) is 13.0. The molecule has 2 nitrogen and oxygen atoms in total. The summed E-state index contributed by atoms with van der Waals surface area (Å²) in [6, 6.07) is 0. The zero-order valence-corrected chi connectivity index (χ0v) is 10.4. The van der Waals surface area contributed by atoms with Crippen LogP contribution in [-0.2, 0) is 4.74 Å². The van der Waals surface area contributed by atoms with E-state index in [1.807, 2.05) is 0 Å². The lowest BCUT2D eigenvalue weighted by atomic mass is 9.79. The number of unbranched alkanes of at least 4 members (excludes halogenated alkanes) is 2. The number of rotatable bonds is 6. The number of nitrogens with two attached hydrogens (primary N) is 1. The molecule has 0 unspecified atom stereocenters. The summed E-state index contributed by atoms with van der Waals surface area (Å²) in [7, 11) is 0. The van der Waals surface area contributed by atoms with E-state index in [0.717, 1.165) is 25.4 Å². The minimum Gasteiger partial charge on any atom is -0.374 e. The van der Waals surface area contributed by atoms with Crippen molar-refractivity contribution in [2.45, 2.75) is 64.4 Å². The van der Waals surface area contributed by atoms with Crippen molar-refractivity contribution in [3.05, 3.63) is 0 Å². The molecule has 15 heavy (non-hydrogen) atoms.